The summed E-state index contributed by atoms with van der Waals surface area (Å²) >= 11 is 5.32. The minimum Gasteiger partial charge on any atom is -0.387 e. The van der Waals surface area contributed by atoms with Gasteiger partial charge >= 0.3 is 0 Å². The lowest BCUT2D eigenvalue weighted by Gasteiger charge is -2.04. The molecule has 0 saturated carbocycles. The van der Waals surface area contributed by atoms with Crippen molar-refractivity contribution in [3.63, 3.8) is 0 Å². The number of hydrogen-bond acceptors (Lipinski definition) is 2. The molecule has 1 N–H and O–H groups in total. The highest BCUT2D eigenvalue weighted by molar-refractivity contribution is 6.64. The van der Waals surface area contributed by atoms with Gasteiger partial charge in [0.15, 0.2) is 0 Å². The van der Waals surface area contributed by atoms with E-state index < -0.39 is 0 Å². The van der Waals surface area contributed by atoms with Gasteiger partial charge in [-0.05, 0) is 29.4 Å². The van der Waals surface area contributed by atoms with E-state index in [1.807, 2.05) is 48.7 Å². The topological polar surface area (TPSA) is 29.1 Å². The first-order valence-corrected chi connectivity index (χ1v) is 5.89. The third-order valence-corrected chi connectivity index (χ3v) is 2.66. The summed E-state index contributed by atoms with van der Waals surface area (Å²) in [5.41, 5.74) is 0.965. The van der Waals surface area contributed by atoms with Gasteiger partial charge in [0, 0.05) is 6.54 Å². The van der Waals surface area contributed by atoms with Crippen molar-refractivity contribution in [1.29, 1.82) is 0 Å². The quantitative estimate of drug-likeness (QED) is 0.841. The fourth-order valence-corrected chi connectivity index (χ4v) is 1.41. The fraction of sp³-hybridized carbons (Fsp3) is 0.214. The Bertz CT molecular complexity index is 390. The van der Waals surface area contributed by atoms with Crippen molar-refractivity contribution in [2.45, 2.75) is 12.8 Å². The third-order valence-electron chi connectivity index (χ3n) is 2.34. The van der Waals surface area contributed by atoms with Gasteiger partial charge in [0.1, 0.15) is 0 Å². The predicted octanol–water partition coefficient (Wildman–Crippen LogP) is 3.64. The largest absolute Gasteiger partial charge is 0.387 e. The van der Waals surface area contributed by atoms with E-state index in [0.29, 0.717) is 0 Å². The zero-order valence-electron chi connectivity index (χ0n) is 10.2. The Morgan fingerprint density at radius 3 is 2.28 bits per heavy atom. The summed E-state index contributed by atoms with van der Waals surface area (Å²) in [6.07, 6.45) is 8.00. The third kappa shape index (κ3) is 6.48. The first kappa shape index (κ1) is 16.8. The Balaban J connectivity index is 0.000000352. The second-order valence-corrected chi connectivity index (χ2v) is 4.00. The Hall–Kier alpha value is -1.25. The molecule has 0 radical (unpaired) electrons. The maximum Gasteiger partial charge on any atom is 0.228 e. The molecule has 1 aliphatic heterocycles. The number of halogens is 2. The van der Waals surface area contributed by atoms with Crippen LogP contribution in [0.1, 0.15) is 18.4 Å². The van der Waals surface area contributed by atoms with Crippen molar-refractivity contribution in [3.8, 4) is 0 Å². The molecule has 18 heavy (non-hydrogen) atoms. The number of carbonyl (C=O) groups excluding carboxylic acids is 1. The second kappa shape index (κ2) is 9.75. The number of benzene rings is 1. The van der Waals surface area contributed by atoms with Crippen LogP contribution in [-0.4, -0.2) is 11.8 Å². The van der Waals surface area contributed by atoms with Gasteiger partial charge in [-0.25, -0.2) is 0 Å². The summed E-state index contributed by atoms with van der Waals surface area (Å²) in [4.78, 5) is 10.7. The molecule has 98 valence electrons. The van der Waals surface area contributed by atoms with Crippen molar-refractivity contribution < 1.29 is 4.79 Å². The van der Waals surface area contributed by atoms with Crippen LogP contribution >= 0.6 is 24.0 Å². The van der Waals surface area contributed by atoms with Crippen molar-refractivity contribution in [1.82, 2.24) is 5.32 Å². The minimum atomic E-state index is -0.309. The molecule has 0 saturated heterocycles. The van der Waals surface area contributed by atoms with Gasteiger partial charge in [-0.15, -0.1) is 12.4 Å². The molecular weight excluding hydrogens is 269 g/mol. The lowest BCUT2D eigenvalue weighted by Crippen LogP contribution is -2.05. The number of allylic oxidation sites excluding steroid dienone is 2. The molecule has 0 fully saturated rings. The first-order chi connectivity index (χ1) is 8.22. The van der Waals surface area contributed by atoms with Crippen LogP contribution < -0.4 is 5.32 Å². The molecule has 0 amide bonds. The molecule has 0 aliphatic carbocycles. The van der Waals surface area contributed by atoms with Crippen LogP contribution in [0.5, 0.6) is 0 Å². The summed E-state index contributed by atoms with van der Waals surface area (Å²) in [5.74, 6) is -0.196. The highest BCUT2D eigenvalue weighted by Crippen LogP contribution is 2.16. The Morgan fingerprint density at radius 2 is 1.94 bits per heavy atom. The van der Waals surface area contributed by atoms with Crippen LogP contribution in [0, 0.1) is 0 Å². The Kier molecular flexibility index (Phi) is 9.07. The van der Waals surface area contributed by atoms with Gasteiger partial charge in [-0.3, -0.25) is 4.79 Å². The van der Waals surface area contributed by atoms with E-state index in [-0.39, 0.29) is 23.6 Å². The molecule has 1 heterocycles. The molecular formula is C14H17Cl2NO. The van der Waals surface area contributed by atoms with Gasteiger partial charge in [0.25, 0.3) is 0 Å². The van der Waals surface area contributed by atoms with Crippen LogP contribution in [0.15, 0.2) is 54.8 Å². The molecule has 4 heteroatoms. The summed E-state index contributed by atoms with van der Waals surface area (Å²) < 4.78 is 0. The van der Waals surface area contributed by atoms with Gasteiger partial charge < -0.3 is 5.32 Å². The van der Waals surface area contributed by atoms with Crippen molar-refractivity contribution in [3.05, 3.63) is 60.3 Å². The standard InChI is InChI=1S/C9H9ClO.C5H7N.ClH/c1-7(9(10)11)8-5-3-2-4-6-8;1-2-4-6-5-3-1;/h2-7H,1H3;1-4,6H,5H2;1H. The normalized spacial score (nSPS) is 13.4. The van der Waals surface area contributed by atoms with Crippen molar-refractivity contribution in [2.75, 3.05) is 6.54 Å². The SMILES string of the molecule is C1=CCNC=C1.CC(C(=O)Cl)c1ccccc1.Cl. The highest BCUT2D eigenvalue weighted by atomic mass is 35.5. The van der Waals surface area contributed by atoms with Gasteiger partial charge in [-0.1, -0.05) is 49.4 Å². The van der Waals surface area contributed by atoms with E-state index in [9.17, 15) is 4.79 Å². The molecule has 1 aromatic rings. The van der Waals surface area contributed by atoms with E-state index in [2.05, 4.69) is 11.4 Å². The number of dihydropyridines is 1. The number of hydrogen-bond donors (Lipinski definition) is 1. The summed E-state index contributed by atoms with van der Waals surface area (Å²) in [5, 5.41) is 2.71. The van der Waals surface area contributed by atoms with Gasteiger partial charge in [-0.2, -0.15) is 0 Å². The lowest BCUT2D eigenvalue weighted by molar-refractivity contribution is -0.112. The summed E-state index contributed by atoms with van der Waals surface area (Å²) in [7, 11) is 0. The molecule has 0 spiro atoms. The van der Waals surface area contributed by atoms with Gasteiger partial charge in [0.2, 0.25) is 5.24 Å². The fourth-order valence-electron chi connectivity index (χ4n) is 1.28. The van der Waals surface area contributed by atoms with Crippen molar-refractivity contribution >= 4 is 29.3 Å². The first-order valence-electron chi connectivity index (χ1n) is 5.51. The molecule has 1 unspecified atom stereocenters. The average Bonchev–Trinajstić information content (AvgIpc) is 2.41. The molecule has 1 atom stereocenters. The van der Waals surface area contributed by atoms with Crippen LogP contribution in [-0.2, 0) is 4.79 Å². The number of nitrogens with one attached hydrogen (secondary N) is 1. The minimum absolute atomic E-state index is 0. The molecule has 0 aromatic heterocycles. The van der Waals surface area contributed by atoms with E-state index >= 15 is 0 Å². The van der Waals surface area contributed by atoms with E-state index in [4.69, 9.17) is 11.6 Å². The average molecular weight is 286 g/mol. The highest BCUT2D eigenvalue weighted by Gasteiger charge is 2.10. The summed E-state index contributed by atoms with van der Waals surface area (Å²) in [6, 6.07) is 9.49. The van der Waals surface area contributed by atoms with Crippen LogP contribution in [0.4, 0.5) is 0 Å². The van der Waals surface area contributed by atoms with E-state index in [1.54, 1.807) is 6.92 Å². The molecule has 2 nitrogen and oxygen atoms in total. The molecule has 0 bridgehead atoms. The molecule has 2 rings (SSSR count). The van der Waals surface area contributed by atoms with E-state index in [0.717, 1.165) is 12.1 Å². The van der Waals surface area contributed by atoms with Crippen LogP contribution in [0.3, 0.4) is 0 Å². The predicted molar refractivity (Wildman–Crippen MR) is 79.2 cm³/mol. The Labute approximate surface area is 119 Å². The van der Waals surface area contributed by atoms with Crippen LogP contribution in [0.2, 0.25) is 0 Å². The molecule has 1 aromatic carbocycles. The zero-order valence-corrected chi connectivity index (χ0v) is 11.7. The van der Waals surface area contributed by atoms with Gasteiger partial charge in [0.05, 0.1) is 5.92 Å². The maximum absolute atomic E-state index is 10.7. The number of rotatable bonds is 2. The maximum atomic E-state index is 10.7. The lowest BCUT2D eigenvalue weighted by atomic mass is 10.0. The van der Waals surface area contributed by atoms with E-state index in [1.165, 1.54) is 0 Å². The smallest absolute Gasteiger partial charge is 0.228 e. The molecule has 1 aliphatic rings. The van der Waals surface area contributed by atoms with Crippen LogP contribution in [0.25, 0.3) is 0 Å². The zero-order chi connectivity index (χ0) is 12.5. The van der Waals surface area contributed by atoms with Crippen molar-refractivity contribution in [2.24, 2.45) is 0 Å². The monoisotopic (exact) mass is 285 g/mol. The summed E-state index contributed by atoms with van der Waals surface area (Å²) in [6.45, 7) is 2.78. The number of carbonyl (C=O) groups is 1. The Morgan fingerprint density at radius 1 is 1.28 bits per heavy atom. The second-order valence-electron chi connectivity index (χ2n) is 3.63.